The molecule has 0 saturated carbocycles. The molecule has 0 bridgehead atoms. The van der Waals surface area contributed by atoms with Gasteiger partial charge in [-0.05, 0) is 62.1 Å². The normalized spacial score (nSPS) is 12.7. The van der Waals surface area contributed by atoms with Gasteiger partial charge in [-0.15, -0.1) is 0 Å². The predicted octanol–water partition coefficient (Wildman–Crippen LogP) is 3.22. The van der Waals surface area contributed by atoms with E-state index in [1.54, 1.807) is 30.2 Å². The van der Waals surface area contributed by atoms with E-state index in [4.69, 9.17) is 14.2 Å². The molecule has 0 radical (unpaired) electrons. The van der Waals surface area contributed by atoms with Crippen molar-refractivity contribution < 1.29 is 28.6 Å². The number of methoxy groups -OCH3 is 1. The van der Waals surface area contributed by atoms with E-state index < -0.39 is 0 Å². The van der Waals surface area contributed by atoms with Gasteiger partial charge in [0.05, 0.1) is 5.69 Å². The number of aryl methyl sites for hydroxylation is 2. The van der Waals surface area contributed by atoms with Crippen molar-refractivity contribution in [2.75, 3.05) is 44.9 Å². The van der Waals surface area contributed by atoms with Crippen LogP contribution in [0.15, 0.2) is 36.4 Å². The Hall–Kier alpha value is -3.39. The number of nitrogens with zero attached hydrogens (tertiary/aromatic N) is 1. The molecule has 3 rings (SSSR count). The molecular weight excluding hydrogens is 436 g/mol. The average Bonchev–Trinajstić information content (AvgIpc) is 2.83. The third-order valence-electron chi connectivity index (χ3n) is 5.56. The van der Waals surface area contributed by atoms with Crippen LogP contribution in [0.4, 0.5) is 5.69 Å². The molecule has 0 atom stereocenters. The lowest BCUT2D eigenvalue weighted by Crippen LogP contribution is -2.40. The molecule has 8 nitrogen and oxygen atoms in total. The molecule has 1 heterocycles. The summed E-state index contributed by atoms with van der Waals surface area (Å²) in [4.78, 5) is 38.9. The van der Waals surface area contributed by atoms with Crippen molar-refractivity contribution in [3.8, 4) is 11.5 Å². The molecule has 2 aromatic carbocycles. The Morgan fingerprint density at radius 1 is 1.12 bits per heavy atom. The highest BCUT2D eigenvalue weighted by Gasteiger charge is 2.26. The summed E-state index contributed by atoms with van der Waals surface area (Å²) in [5, 5.41) is 2.84. The minimum Gasteiger partial charge on any atom is -0.485 e. The molecule has 0 aromatic heterocycles. The van der Waals surface area contributed by atoms with Crippen LogP contribution >= 0.6 is 0 Å². The van der Waals surface area contributed by atoms with E-state index in [0.29, 0.717) is 55.3 Å². The number of ketones is 1. The topological polar surface area (TPSA) is 94.2 Å². The summed E-state index contributed by atoms with van der Waals surface area (Å²) in [6.45, 7) is 5.22. The van der Waals surface area contributed by atoms with Gasteiger partial charge < -0.3 is 24.4 Å². The predicted molar refractivity (Wildman–Crippen MR) is 129 cm³/mol. The number of carbonyl (C=O) groups excluding carboxylic acids is 3. The fourth-order valence-electron chi connectivity index (χ4n) is 3.64. The Morgan fingerprint density at radius 3 is 2.74 bits per heavy atom. The van der Waals surface area contributed by atoms with Gasteiger partial charge in [0.1, 0.15) is 11.5 Å². The van der Waals surface area contributed by atoms with Crippen molar-refractivity contribution in [3.05, 3.63) is 53.1 Å². The van der Waals surface area contributed by atoms with E-state index >= 15 is 0 Å². The molecule has 0 aliphatic carbocycles. The van der Waals surface area contributed by atoms with Crippen LogP contribution in [0.3, 0.4) is 0 Å². The maximum absolute atomic E-state index is 12.8. The number of amides is 2. The number of anilines is 1. The number of hydrogen-bond donors (Lipinski definition) is 1. The maximum Gasteiger partial charge on any atom is 0.265 e. The van der Waals surface area contributed by atoms with Gasteiger partial charge in [0.25, 0.3) is 5.91 Å². The number of hydrogen-bond acceptors (Lipinski definition) is 6. The van der Waals surface area contributed by atoms with E-state index in [9.17, 15) is 14.4 Å². The van der Waals surface area contributed by atoms with E-state index in [-0.39, 0.29) is 30.8 Å². The Bertz CT molecular complexity index is 1040. The van der Waals surface area contributed by atoms with Crippen molar-refractivity contribution in [3.63, 3.8) is 0 Å². The van der Waals surface area contributed by atoms with Crippen LogP contribution in [-0.2, 0) is 14.3 Å². The maximum atomic E-state index is 12.8. The SMILES string of the molecule is COCCCNC(=O)CCCN1C(=O)COc2ccc(C(=O)COc3cc(C)ccc3C)cc21. The molecular formula is C26H32N2O6. The minimum atomic E-state index is -0.204. The van der Waals surface area contributed by atoms with Crippen LogP contribution < -0.4 is 19.7 Å². The largest absolute Gasteiger partial charge is 0.485 e. The van der Waals surface area contributed by atoms with Crippen LogP contribution in [0.25, 0.3) is 0 Å². The monoisotopic (exact) mass is 468 g/mol. The van der Waals surface area contributed by atoms with Crippen molar-refractivity contribution >= 4 is 23.3 Å². The zero-order valence-electron chi connectivity index (χ0n) is 20.0. The van der Waals surface area contributed by atoms with E-state index in [1.807, 2.05) is 32.0 Å². The third-order valence-corrected chi connectivity index (χ3v) is 5.56. The molecule has 8 heteroatoms. The lowest BCUT2D eigenvalue weighted by molar-refractivity contribution is -0.122. The van der Waals surface area contributed by atoms with Crippen LogP contribution in [0.5, 0.6) is 11.5 Å². The molecule has 2 amide bonds. The minimum absolute atomic E-state index is 0.0652. The van der Waals surface area contributed by atoms with Crippen LogP contribution in [0.2, 0.25) is 0 Å². The highest BCUT2D eigenvalue weighted by atomic mass is 16.5. The molecule has 0 fully saturated rings. The first-order valence-corrected chi connectivity index (χ1v) is 11.4. The van der Waals surface area contributed by atoms with Crippen LogP contribution in [-0.4, -0.2) is 57.6 Å². The quantitative estimate of drug-likeness (QED) is 0.380. The molecule has 1 N–H and O–H groups in total. The van der Waals surface area contributed by atoms with Gasteiger partial charge >= 0.3 is 0 Å². The van der Waals surface area contributed by atoms with Gasteiger partial charge in [-0.1, -0.05) is 12.1 Å². The van der Waals surface area contributed by atoms with Gasteiger partial charge in [-0.2, -0.15) is 0 Å². The summed E-state index contributed by atoms with van der Waals surface area (Å²) in [6.07, 6.45) is 1.55. The van der Waals surface area contributed by atoms with E-state index in [0.717, 1.165) is 17.5 Å². The molecule has 1 aliphatic rings. The number of rotatable bonds is 12. The highest BCUT2D eigenvalue weighted by Crippen LogP contribution is 2.33. The van der Waals surface area contributed by atoms with Gasteiger partial charge in [0, 0.05) is 38.8 Å². The summed E-state index contributed by atoms with van der Waals surface area (Å²) in [7, 11) is 1.62. The number of benzene rings is 2. The molecule has 1 aliphatic heterocycles. The smallest absolute Gasteiger partial charge is 0.265 e. The van der Waals surface area contributed by atoms with E-state index in [2.05, 4.69) is 5.32 Å². The first kappa shape index (κ1) is 25.2. The number of ether oxygens (including phenoxy) is 3. The number of nitrogens with one attached hydrogen (secondary N) is 1. The van der Waals surface area contributed by atoms with Crippen molar-refractivity contribution in [2.24, 2.45) is 0 Å². The Labute approximate surface area is 200 Å². The van der Waals surface area contributed by atoms with Crippen LogP contribution in [0, 0.1) is 13.8 Å². The fourth-order valence-corrected chi connectivity index (χ4v) is 3.64. The standard InChI is InChI=1S/C26H32N2O6/c1-18-7-8-19(2)24(14-18)33-16-22(29)20-9-10-23-21(15-20)28(26(31)17-34-23)12-4-6-25(30)27-11-5-13-32-3/h7-10,14-15H,4-6,11-13,16-17H2,1-3H3,(H,27,30). The van der Waals surface area contributed by atoms with Gasteiger partial charge in [0.2, 0.25) is 5.91 Å². The second-order valence-electron chi connectivity index (χ2n) is 8.30. The first-order chi connectivity index (χ1) is 16.4. The average molecular weight is 469 g/mol. The number of carbonyl (C=O) groups is 3. The molecule has 0 spiro atoms. The summed E-state index contributed by atoms with van der Waals surface area (Å²) < 4.78 is 16.3. The van der Waals surface area contributed by atoms with Crippen LogP contribution in [0.1, 0.15) is 40.7 Å². The van der Waals surface area contributed by atoms with Gasteiger partial charge in [-0.3, -0.25) is 14.4 Å². The van der Waals surface area contributed by atoms with Gasteiger partial charge in [0.15, 0.2) is 19.0 Å². The second-order valence-corrected chi connectivity index (χ2v) is 8.30. The molecule has 2 aromatic rings. The molecule has 0 saturated heterocycles. The summed E-state index contributed by atoms with van der Waals surface area (Å²) in [5.74, 6) is 0.744. The van der Waals surface area contributed by atoms with Gasteiger partial charge in [-0.25, -0.2) is 0 Å². The highest BCUT2D eigenvalue weighted by molar-refractivity contribution is 6.02. The zero-order chi connectivity index (χ0) is 24.5. The molecule has 0 unspecified atom stereocenters. The lowest BCUT2D eigenvalue weighted by atomic mass is 10.1. The summed E-state index contributed by atoms with van der Waals surface area (Å²) in [5.41, 5.74) is 2.98. The first-order valence-electron chi connectivity index (χ1n) is 11.4. The van der Waals surface area contributed by atoms with E-state index in [1.165, 1.54) is 0 Å². The second kappa shape index (κ2) is 12.2. The Balaban J connectivity index is 1.61. The molecule has 34 heavy (non-hydrogen) atoms. The molecule has 182 valence electrons. The number of fused-ring (bicyclic) bond motifs is 1. The summed E-state index contributed by atoms with van der Waals surface area (Å²) >= 11 is 0. The Kier molecular flexibility index (Phi) is 9.04. The van der Waals surface area contributed by atoms with Crippen molar-refractivity contribution in [2.45, 2.75) is 33.1 Å². The van der Waals surface area contributed by atoms with Crippen molar-refractivity contribution in [1.29, 1.82) is 0 Å². The lowest BCUT2D eigenvalue weighted by Gasteiger charge is -2.29. The fraction of sp³-hybridized carbons (Fsp3) is 0.423. The van der Waals surface area contributed by atoms with Crippen molar-refractivity contribution in [1.82, 2.24) is 5.32 Å². The number of Topliss-reactive ketones (excluding diaryl/α,β-unsaturated/α-hetero) is 1. The summed E-state index contributed by atoms with van der Waals surface area (Å²) in [6, 6.07) is 10.9. The zero-order valence-corrected chi connectivity index (χ0v) is 20.0. The Morgan fingerprint density at radius 2 is 1.94 bits per heavy atom. The third kappa shape index (κ3) is 6.81.